The minimum absolute atomic E-state index is 0.171. The topological polar surface area (TPSA) is 46.5 Å². The van der Waals surface area contributed by atoms with Crippen molar-refractivity contribution in [3.05, 3.63) is 12.2 Å². The van der Waals surface area contributed by atoms with Crippen LogP contribution in [0, 0.1) is 0 Å². The van der Waals surface area contributed by atoms with Gasteiger partial charge in [-0.2, -0.15) is 0 Å². The summed E-state index contributed by atoms with van der Waals surface area (Å²) in [6, 6.07) is 0. The number of carbonyl (C=O) groups excluding carboxylic acids is 1. The van der Waals surface area contributed by atoms with Gasteiger partial charge in [0, 0.05) is 6.42 Å². The summed E-state index contributed by atoms with van der Waals surface area (Å²) in [7, 11) is 4.77. The predicted molar refractivity (Wildman–Crippen MR) is 92.7 cm³/mol. The van der Waals surface area contributed by atoms with Crippen LogP contribution < -0.4 is 0 Å². The molecule has 0 bridgehead atoms. The van der Waals surface area contributed by atoms with E-state index in [0.29, 0.717) is 6.42 Å². The van der Waals surface area contributed by atoms with Crippen molar-refractivity contribution in [2.45, 2.75) is 96.5 Å². The SMILES string of the molecule is [B]OC(=O)CCCCCCC/C=C\C[C@H](O)CCCCCC. The highest BCUT2D eigenvalue weighted by Gasteiger charge is 2.01. The van der Waals surface area contributed by atoms with Crippen molar-refractivity contribution in [2.75, 3.05) is 0 Å². The molecular weight excluding hydrogens is 275 g/mol. The van der Waals surface area contributed by atoms with Gasteiger partial charge in [0.05, 0.1) is 6.10 Å². The lowest BCUT2D eigenvalue weighted by Crippen LogP contribution is -2.04. The summed E-state index contributed by atoms with van der Waals surface area (Å²) in [5.41, 5.74) is 0. The van der Waals surface area contributed by atoms with Gasteiger partial charge in [-0.15, -0.1) is 0 Å². The summed E-state index contributed by atoms with van der Waals surface area (Å²) in [5.74, 6) is -0.323. The van der Waals surface area contributed by atoms with Crippen LogP contribution in [0.1, 0.15) is 90.4 Å². The Bertz CT molecular complexity index is 280. The van der Waals surface area contributed by atoms with Crippen LogP contribution in [0.15, 0.2) is 12.2 Å². The van der Waals surface area contributed by atoms with Gasteiger partial charge in [0.25, 0.3) is 5.97 Å². The van der Waals surface area contributed by atoms with Crippen molar-refractivity contribution < 1.29 is 14.6 Å². The molecule has 22 heavy (non-hydrogen) atoms. The Morgan fingerprint density at radius 1 is 1.05 bits per heavy atom. The van der Waals surface area contributed by atoms with E-state index in [2.05, 4.69) is 23.7 Å². The summed E-state index contributed by atoms with van der Waals surface area (Å²) in [5, 5.41) is 9.82. The Kier molecular flexibility index (Phi) is 16.0. The Hall–Kier alpha value is -0.765. The van der Waals surface area contributed by atoms with E-state index in [4.69, 9.17) is 8.05 Å². The molecule has 3 nitrogen and oxygen atoms in total. The molecule has 0 fully saturated rings. The van der Waals surface area contributed by atoms with Gasteiger partial charge in [-0.1, -0.05) is 64.0 Å². The Morgan fingerprint density at radius 2 is 1.73 bits per heavy atom. The number of hydrogen-bond donors (Lipinski definition) is 1. The molecule has 0 amide bonds. The van der Waals surface area contributed by atoms with Gasteiger partial charge in [0.2, 0.25) is 0 Å². The first-order valence-electron chi connectivity index (χ1n) is 8.93. The van der Waals surface area contributed by atoms with Gasteiger partial charge in [0.1, 0.15) is 0 Å². The van der Waals surface area contributed by atoms with E-state index in [9.17, 15) is 9.90 Å². The third-order valence-corrected chi connectivity index (χ3v) is 3.85. The fourth-order valence-electron chi connectivity index (χ4n) is 2.42. The number of rotatable bonds is 15. The van der Waals surface area contributed by atoms with E-state index in [-0.39, 0.29) is 12.1 Å². The zero-order chi connectivity index (χ0) is 16.5. The van der Waals surface area contributed by atoms with Crippen LogP contribution in [0.25, 0.3) is 0 Å². The minimum atomic E-state index is -0.323. The largest absolute Gasteiger partial charge is 0.543 e. The molecule has 0 spiro atoms. The molecule has 0 aliphatic heterocycles. The van der Waals surface area contributed by atoms with Crippen LogP contribution in [0.3, 0.4) is 0 Å². The smallest absolute Gasteiger partial charge is 0.378 e. The lowest BCUT2D eigenvalue weighted by atomic mass is 10.1. The van der Waals surface area contributed by atoms with Crippen molar-refractivity contribution in [1.82, 2.24) is 0 Å². The van der Waals surface area contributed by atoms with Crippen LogP contribution in [-0.2, 0) is 9.45 Å². The predicted octanol–water partition coefficient (Wildman–Crippen LogP) is 4.62. The van der Waals surface area contributed by atoms with E-state index in [0.717, 1.165) is 44.9 Å². The van der Waals surface area contributed by atoms with Gasteiger partial charge in [-0.25, -0.2) is 0 Å². The number of allylic oxidation sites excluding steroid dienone is 1. The number of aliphatic hydroxyl groups is 1. The molecule has 0 heterocycles. The summed E-state index contributed by atoms with van der Waals surface area (Å²) in [6.07, 6.45) is 17.6. The van der Waals surface area contributed by atoms with Gasteiger partial charge in [0.15, 0.2) is 0 Å². The van der Waals surface area contributed by atoms with Crippen LogP contribution >= 0.6 is 0 Å². The molecule has 1 atom stereocenters. The number of unbranched alkanes of at least 4 members (excludes halogenated alkanes) is 8. The maximum absolute atomic E-state index is 10.8. The van der Waals surface area contributed by atoms with Gasteiger partial charge in [-0.05, 0) is 32.1 Å². The third-order valence-electron chi connectivity index (χ3n) is 3.85. The molecule has 0 saturated carbocycles. The molecule has 0 aromatic heterocycles. The van der Waals surface area contributed by atoms with Crippen molar-refractivity contribution >= 4 is 14.0 Å². The molecule has 126 valence electrons. The molecule has 0 saturated heterocycles. The Labute approximate surface area is 138 Å². The van der Waals surface area contributed by atoms with Crippen molar-refractivity contribution in [3.63, 3.8) is 0 Å². The van der Waals surface area contributed by atoms with Crippen molar-refractivity contribution in [1.29, 1.82) is 0 Å². The van der Waals surface area contributed by atoms with E-state index >= 15 is 0 Å². The molecule has 0 aliphatic carbocycles. The second-order valence-corrected chi connectivity index (χ2v) is 6.01. The highest BCUT2D eigenvalue weighted by molar-refractivity contribution is 6.05. The standard InChI is InChI=1S/C18H33BO3/c1-2-3-4-11-14-17(20)15-12-9-7-5-6-8-10-13-16-18(21)22-19/h9,12,17,20H,2-8,10-11,13-16H2,1H3/b12-9-/t17-/m1/s1. The molecular formula is C18H33BO3. The maximum Gasteiger partial charge on any atom is 0.378 e. The van der Waals surface area contributed by atoms with E-state index in [1.807, 2.05) is 0 Å². The molecule has 4 heteroatoms. The lowest BCUT2D eigenvalue weighted by molar-refractivity contribution is -0.134. The monoisotopic (exact) mass is 308 g/mol. The molecule has 0 aliphatic rings. The molecule has 0 unspecified atom stereocenters. The van der Waals surface area contributed by atoms with Gasteiger partial charge < -0.3 is 9.76 Å². The average molecular weight is 308 g/mol. The van der Waals surface area contributed by atoms with Crippen LogP contribution in [0.2, 0.25) is 0 Å². The highest BCUT2D eigenvalue weighted by atomic mass is 16.5. The first-order valence-corrected chi connectivity index (χ1v) is 8.93. The van der Waals surface area contributed by atoms with E-state index in [1.54, 1.807) is 0 Å². The third kappa shape index (κ3) is 15.6. The van der Waals surface area contributed by atoms with Crippen molar-refractivity contribution in [2.24, 2.45) is 0 Å². The fraction of sp³-hybridized carbons (Fsp3) is 0.833. The zero-order valence-corrected chi connectivity index (χ0v) is 14.3. The number of carbonyl (C=O) groups is 1. The molecule has 0 rings (SSSR count). The van der Waals surface area contributed by atoms with Crippen molar-refractivity contribution in [3.8, 4) is 0 Å². The number of hydrogen-bond acceptors (Lipinski definition) is 3. The van der Waals surface area contributed by atoms with E-state index in [1.165, 1.54) is 32.1 Å². The summed E-state index contributed by atoms with van der Waals surface area (Å²) in [4.78, 5) is 10.8. The fourth-order valence-corrected chi connectivity index (χ4v) is 2.42. The summed E-state index contributed by atoms with van der Waals surface area (Å²) < 4.78 is 4.11. The minimum Gasteiger partial charge on any atom is -0.543 e. The van der Waals surface area contributed by atoms with Crippen LogP contribution in [0.4, 0.5) is 0 Å². The zero-order valence-electron chi connectivity index (χ0n) is 14.3. The van der Waals surface area contributed by atoms with Gasteiger partial charge in [-0.3, -0.25) is 4.79 Å². The van der Waals surface area contributed by atoms with E-state index < -0.39 is 0 Å². The summed E-state index contributed by atoms with van der Waals surface area (Å²) in [6.45, 7) is 2.20. The normalized spacial score (nSPS) is 12.6. The Morgan fingerprint density at radius 3 is 2.45 bits per heavy atom. The Balaban J connectivity index is 3.28. The number of aliphatic hydroxyl groups excluding tert-OH is 1. The average Bonchev–Trinajstić information content (AvgIpc) is 2.53. The maximum atomic E-state index is 10.8. The van der Waals surface area contributed by atoms with Gasteiger partial charge >= 0.3 is 8.05 Å². The lowest BCUT2D eigenvalue weighted by Gasteiger charge is -2.07. The van der Waals surface area contributed by atoms with Crippen LogP contribution in [-0.4, -0.2) is 25.2 Å². The second kappa shape index (κ2) is 16.6. The first kappa shape index (κ1) is 21.2. The molecule has 0 aromatic rings. The quantitative estimate of drug-likeness (QED) is 0.273. The van der Waals surface area contributed by atoms with Crippen LogP contribution in [0.5, 0.6) is 0 Å². The summed E-state index contributed by atoms with van der Waals surface area (Å²) >= 11 is 0. The highest BCUT2D eigenvalue weighted by Crippen LogP contribution is 2.10. The molecule has 1 N–H and O–H groups in total. The molecule has 2 radical (unpaired) electrons. The molecule has 0 aromatic carbocycles. The first-order chi connectivity index (χ1) is 10.7. The second-order valence-electron chi connectivity index (χ2n) is 6.01.